The topological polar surface area (TPSA) is 34.1 Å². The summed E-state index contributed by atoms with van der Waals surface area (Å²) in [4.78, 5) is 21.6. The van der Waals surface area contributed by atoms with Crippen molar-refractivity contribution >= 4 is 19.6 Å². The molecule has 19 heavy (non-hydrogen) atoms. The maximum Gasteiger partial charge on any atom is 0.456 e. The van der Waals surface area contributed by atoms with Crippen molar-refractivity contribution in [3.8, 4) is 0 Å². The number of hydrogen-bond acceptors (Lipinski definition) is 2. The summed E-state index contributed by atoms with van der Waals surface area (Å²) in [6.45, 7) is 6.93. The molecule has 0 bridgehead atoms. The fraction of sp³-hybridized carbons (Fsp3) is 0.600. The van der Waals surface area contributed by atoms with Gasteiger partial charge in [0.05, 0.1) is 0 Å². The third-order valence-corrected chi connectivity index (χ3v) is 6.55. The van der Waals surface area contributed by atoms with E-state index < -0.39 is 37.5 Å². The minimum absolute atomic E-state index is 0.114. The first-order valence-corrected chi connectivity index (χ1v) is 8.08. The number of hydrogen-bond donors (Lipinski definition) is 0. The summed E-state index contributed by atoms with van der Waals surface area (Å²) in [6, 6.07) is 0. The van der Waals surface area contributed by atoms with Crippen molar-refractivity contribution in [2.24, 2.45) is 0 Å². The van der Waals surface area contributed by atoms with E-state index in [0.29, 0.717) is 0 Å². The second kappa shape index (κ2) is 5.10. The van der Waals surface area contributed by atoms with Crippen LogP contribution in [0.3, 0.4) is 0 Å². The molecule has 0 spiro atoms. The zero-order chi connectivity index (χ0) is 15.8. The van der Waals surface area contributed by atoms with E-state index in [1.807, 2.05) is 0 Å². The van der Waals surface area contributed by atoms with Gasteiger partial charge in [0, 0.05) is 0 Å². The molecule has 0 N–H and O–H groups in total. The summed E-state index contributed by atoms with van der Waals surface area (Å²) >= 11 is 0. The molecule has 2 nitrogen and oxygen atoms in total. The lowest BCUT2D eigenvalue weighted by Gasteiger charge is -2.28. The monoisotopic (exact) mass is 306 g/mol. The summed E-state index contributed by atoms with van der Waals surface area (Å²) < 4.78 is 75.6. The molecule has 0 heterocycles. The van der Waals surface area contributed by atoms with Crippen molar-refractivity contribution in [2.75, 3.05) is 0 Å². The molecule has 0 aromatic carbocycles. The van der Waals surface area contributed by atoms with Gasteiger partial charge in [-0.25, -0.2) is 4.39 Å². The lowest BCUT2D eigenvalue weighted by atomic mass is 10.1. The van der Waals surface area contributed by atoms with Gasteiger partial charge in [0.25, 0.3) is 0 Å². The SMILES string of the molecule is C=C(C)[Si](C)(C)C(F)C(=O)C(F)(F)C(=O)C(F)(F)F. The minimum atomic E-state index is -5.91. The molecular weight excluding hydrogens is 294 g/mol. The fourth-order valence-electron chi connectivity index (χ4n) is 0.993. The summed E-state index contributed by atoms with van der Waals surface area (Å²) in [5.74, 6) is -14.5. The summed E-state index contributed by atoms with van der Waals surface area (Å²) in [5, 5.41) is 0.114. The first kappa shape index (κ1) is 17.9. The second-order valence-corrected chi connectivity index (χ2v) is 9.43. The van der Waals surface area contributed by atoms with Gasteiger partial charge in [0.15, 0.2) is 5.79 Å². The van der Waals surface area contributed by atoms with Crippen molar-refractivity contribution < 1.29 is 35.9 Å². The Morgan fingerprint density at radius 3 is 1.74 bits per heavy atom. The number of halogens is 6. The van der Waals surface area contributed by atoms with Crippen LogP contribution in [0.4, 0.5) is 26.3 Å². The molecule has 0 radical (unpaired) electrons. The molecule has 0 fully saturated rings. The predicted octanol–water partition coefficient (Wildman–Crippen LogP) is 3.02. The molecule has 0 aliphatic carbocycles. The number of carbonyl (C=O) groups excluding carboxylic acids is 2. The van der Waals surface area contributed by atoms with Gasteiger partial charge in [-0.2, -0.15) is 22.0 Å². The molecule has 0 aliphatic rings. The Morgan fingerprint density at radius 2 is 1.47 bits per heavy atom. The summed E-state index contributed by atoms with van der Waals surface area (Å²) in [6.07, 6.45) is -5.91. The maximum atomic E-state index is 13.7. The molecule has 0 aromatic heterocycles. The van der Waals surface area contributed by atoms with Crippen molar-refractivity contribution in [1.29, 1.82) is 0 Å². The summed E-state index contributed by atoms with van der Waals surface area (Å²) in [7, 11) is -3.37. The van der Waals surface area contributed by atoms with Gasteiger partial charge in [-0.1, -0.05) is 18.3 Å². The largest absolute Gasteiger partial charge is 0.456 e. The standard InChI is InChI=1S/C10H12F6O2Si/c1-5(2)19(3,4)7(11)6(17)9(12,13)8(18)10(14,15)16/h7H,1H2,2-4H3. The highest BCUT2D eigenvalue weighted by Crippen LogP contribution is 2.32. The smallest absolute Gasteiger partial charge is 0.289 e. The van der Waals surface area contributed by atoms with E-state index in [-0.39, 0.29) is 5.20 Å². The molecule has 0 amide bonds. The first-order valence-electron chi connectivity index (χ1n) is 5.00. The number of allylic oxidation sites excluding steroid dienone is 1. The number of carbonyl (C=O) groups is 2. The molecule has 110 valence electrons. The van der Waals surface area contributed by atoms with Gasteiger partial charge in [-0.15, -0.1) is 6.58 Å². The van der Waals surface area contributed by atoms with Crippen molar-refractivity contribution in [3.05, 3.63) is 11.8 Å². The van der Waals surface area contributed by atoms with Gasteiger partial charge in [-0.05, 0) is 6.92 Å². The highest BCUT2D eigenvalue weighted by atomic mass is 28.3. The Hall–Kier alpha value is -1.12. The quantitative estimate of drug-likeness (QED) is 0.444. The Kier molecular flexibility index (Phi) is 4.80. The Bertz CT molecular complexity index is 413. The van der Waals surface area contributed by atoms with Gasteiger partial charge in [-0.3, -0.25) is 9.59 Å². The van der Waals surface area contributed by atoms with Crippen LogP contribution in [-0.2, 0) is 9.59 Å². The number of rotatable bonds is 5. The highest BCUT2D eigenvalue weighted by molar-refractivity contribution is 6.87. The predicted molar refractivity (Wildman–Crippen MR) is 58.2 cm³/mol. The Balaban J connectivity index is 5.44. The molecule has 0 aliphatic heterocycles. The van der Waals surface area contributed by atoms with Crippen LogP contribution in [0.25, 0.3) is 0 Å². The highest BCUT2D eigenvalue weighted by Gasteiger charge is 2.62. The molecule has 9 heteroatoms. The van der Waals surface area contributed by atoms with Gasteiger partial charge in [0.2, 0.25) is 5.78 Å². The van der Waals surface area contributed by atoms with E-state index in [0.717, 1.165) is 13.1 Å². The number of alkyl halides is 6. The van der Waals surface area contributed by atoms with E-state index in [4.69, 9.17) is 0 Å². The zero-order valence-electron chi connectivity index (χ0n) is 10.4. The normalized spacial score (nSPS) is 15.0. The molecule has 1 atom stereocenters. The molecule has 0 rings (SSSR count). The second-order valence-electron chi connectivity index (χ2n) is 4.63. The van der Waals surface area contributed by atoms with Crippen LogP contribution >= 0.6 is 0 Å². The average molecular weight is 306 g/mol. The van der Waals surface area contributed by atoms with E-state index in [9.17, 15) is 35.9 Å². The molecule has 0 aromatic rings. The number of Topliss-reactive ketones (excluding diaryl/α,β-unsaturated/α-hetero) is 2. The van der Waals surface area contributed by atoms with E-state index in [1.165, 1.54) is 6.92 Å². The first-order chi connectivity index (χ1) is 8.16. The van der Waals surface area contributed by atoms with Gasteiger partial charge >= 0.3 is 17.9 Å². The van der Waals surface area contributed by atoms with Crippen LogP contribution < -0.4 is 0 Å². The van der Waals surface area contributed by atoms with Crippen molar-refractivity contribution in [2.45, 2.75) is 37.9 Å². The van der Waals surface area contributed by atoms with Crippen LogP contribution in [0, 0.1) is 0 Å². The zero-order valence-corrected chi connectivity index (χ0v) is 11.4. The molecule has 0 saturated heterocycles. The van der Waals surface area contributed by atoms with Crippen LogP contribution in [0.5, 0.6) is 0 Å². The van der Waals surface area contributed by atoms with E-state index >= 15 is 0 Å². The molecule has 0 saturated carbocycles. The van der Waals surface area contributed by atoms with Crippen molar-refractivity contribution in [3.63, 3.8) is 0 Å². The van der Waals surface area contributed by atoms with Crippen LogP contribution in [0.2, 0.25) is 13.1 Å². The summed E-state index contributed by atoms with van der Waals surface area (Å²) in [5.41, 5.74) is 0. The Labute approximate surface area is 106 Å². The Morgan fingerprint density at radius 1 is 1.11 bits per heavy atom. The third kappa shape index (κ3) is 3.46. The van der Waals surface area contributed by atoms with E-state index in [1.54, 1.807) is 0 Å². The minimum Gasteiger partial charge on any atom is -0.289 e. The van der Waals surface area contributed by atoms with Crippen LogP contribution in [0.15, 0.2) is 11.8 Å². The van der Waals surface area contributed by atoms with E-state index in [2.05, 4.69) is 6.58 Å². The molecule has 1 unspecified atom stereocenters. The lowest BCUT2D eigenvalue weighted by Crippen LogP contribution is -2.56. The van der Waals surface area contributed by atoms with Gasteiger partial charge in [0.1, 0.15) is 8.07 Å². The third-order valence-electron chi connectivity index (χ3n) is 2.82. The number of ketones is 2. The van der Waals surface area contributed by atoms with Gasteiger partial charge < -0.3 is 0 Å². The van der Waals surface area contributed by atoms with Crippen molar-refractivity contribution in [1.82, 2.24) is 0 Å². The maximum absolute atomic E-state index is 13.7. The van der Waals surface area contributed by atoms with Crippen LogP contribution in [0.1, 0.15) is 6.92 Å². The molecular formula is C10H12F6O2Si. The van der Waals surface area contributed by atoms with Crippen LogP contribution in [-0.4, -0.2) is 37.5 Å². The lowest BCUT2D eigenvalue weighted by molar-refractivity contribution is -0.197. The fourth-order valence-corrected chi connectivity index (χ4v) is 2.26. The average Bonchev–Trinajstić information content (AvgIpc) is 2.24.